The van der Waals surface area contributed by atoms with Crippen LogP contribution in [0.1, 0.15) is 29.0 Å². The molecule has 1 aliphatic rings. The fourth-order valence-corrected chi connectivity index (χ4v) is 3.38. The Kier molecular flexibility index (Phi) is 4.04. The molecule has 23 heavy (non-hydrogen) atoms. The van der Waals surface area contributed by atoms with Gasteiger partial charge in [-0.2, -0.15) is 5.26 Å². The molecular weight excluding hydrogens is 316 g/mol. The average Bonchev–Trinajstić information content (AvgIpc) is 3.16. The van der Waals surface area contributed by atoms with Gasteiger partial charge in [0.05, 0.1) is 30.2 Å². The second-order valence-electron chi connectivity index (χ2n) is 4.84. The van der Waals surface area contributed by atoms with Crippen LogP contribution >= 0.6 is 11.3 Å². The van der Waals surface area contributed by atoms with E-state index >= 15 is 0 Å². The Balaban J connectivity index is 2.07. The molecule has 0 unspecified atom stereocenters. The highest BCUT2D eigenvalue weighted by molar-refractivity contribution is 7.10. The van der Waals surface area contributed by atoms with Crippen LogP contribution in [0.3, 0.4) is 0 Å². The molecule has 3 rings (SSSR count). The van der Waals surface area contributed by atoms with E-state index in [0.717, 1.165) is 4.88 Å². The van der Waals surface area contributed by atoms with E-state index in [4.69, 9.17) is 15.2 Å². The number of nitrogens with zero attached hydrogens (tertiary/aromatic N) is 2. The van der Waals surface area contributed by atoms with Gasteiger partial charge >= 0.3 is 5.97 Å². The predicted molar refractivity (Wildman–Crippen MR) is 82.5 cm³/mol. The molecule has 0 aliphatic carbocycles. The Morgan fingerprint density at radius 3 is 3.13 bits per heavy atom. The second kappa shape index (κ2) is 6.14. The minimum atomic E-state index is -0.396. The summed E-state index contributed by atoms with van der Waals surface area (Å²) in [6.07, 6.45) is 0.0278. The fourth-order valence-electron chi connectivity index (χ4n) is 2.54. The quantitative estimate of drug-likeness (QED) is 0.826. The summed E-state index contributed by atoms with van der Waals surface area (Å²) in [5.41, 5.74) is 7.39. The first-order valence-electron chi connectivity index (χ1n) is 6.99. The van der Waals surface area contributed by atoms with Crippen molar-refractivity contribution in [2.75, 3.05) is 6.61 Å². The molecule has 1 atom stereocenters. The normalized spacial score (nSPS) is 16.4. The van der Waals surface area contributed by atoms with Gasteiger partial charge in [-0.05, 0) is 18.4 Å². The largest absolute Gasteiger partial charge is 0.466 e. The summed E-state index contributed by atoms with van der Waals surface area (Å²) in [5.74, 6) is -0.441. The minimum Gasteiger partial charge on any atom is -0.466 e. The third-order valence-electron chi connectivity index (χ3n) is 3.47. The van der Waals surface area contributed by atoms with Crippen molar-refractivity contribution in [1.29, 1.82) is 5.26 Å². The van der Waals surface area contributed by atoms with E-state index in [-0.39, 0.29) is 18.3 Å². The number of allylic oxidation sites excluding steroid dienone is 1. The van der Waals surface area contributed by atoms with Crippen molar-refractivity contribution >= 4 is 17.3 Å². The van der Waals surface area contributed by atoms with E-state index in [2.05, 4.69) is 16.3 Å². The number of carbonyl (C=O) groups is 1. The van der Waals surface area contributed by atoms with Crippen molar-refractivity contribution in [3.63, 3.8) is 0 Å². The number of nitrogens with one attached hydrogen (secondary N) is 1. The number of esters is 1. The van der Waals surface area contributed by atoms with Gasteiger partial charge in [0.2, 0.25) is 11.8 Å². The maximum absolute atomic E-state index is 11.8. The monoisotopic (exact) mass is 330 g/mol. The smallest absolute Gasteiger partial charge is 0.311 e. The lowest BCUT2D eigenvalue weighted by molar-refractivity contribution is -0.142. The fraction of sp³-hybridized carbons (Fsp3) is 0.267. The Bertz CT molecular complexity index is 801. The lowest BCUT2D eigenvalue weighted by Gasteiger charge is -2.22. The molecule has 0 aromatic carbocycles. The van der Waals surface area contributed by atoms with Crippen molar-refractivity contribution in [3.05, 3.63) is 45.1 Å². The number of H-pyrrole nitrogens is 1. The van der Waals surface area contributed by atoms with Gasteiger partial charge in [-0.3, -0.25) is 9.89 Å². The van der Waals surface area contributed by atoms with Crippen LogP contribution in [-0.4, -0.2) is 22.8 Å². The number of carbonyl (C=O) groups excluding carboxylic acids is 1. The van der Waals surface area contributed by atoms with E-state index in [0.29, 0.717) is 29.3 Å². The Morgan fingerprint density at radius 1 is 1.65 bits per heavy atom. The van der Waals surface area contributed by atoms with Gasteiger partial charge in [0.1, 0.15) is 11.6 Å². The summed E-state index contributed by atoms with van der Waals surface area (Å²) < 4.78 is 10.4. The zero-order valence-corrected chi connectivity index (χ0v) is 13.1. The third-order valence-corrected chi connectivity index (χ3v) is 4.41. The van der Waals surface area contributed by atoms with Crippen LogP contribution in [-0.2, 0) is 16.0 Å². The zero-order valence-electron chi connectivity index (χ0n) is 12.3. The first kappa shape index (κ1) is 15.1. The number of aromatic nitrogens is 2. The molecule has 0 saturated carbocycles. The van der Waals surface area contributed by atoms with E-state index in [1.165, 1.54) is 11.3 Å². The lowest BCUT2D eigenvalue weighted by Crippen LogP contribution is -2.21. The molecule has 2 aromatic heterocycles. The highest BCUT2D eigenvalue weighted by Gasteiger charge is 2.36. The summed E-state index contributed by atoms with van der Waals surface area (Å²) in [5, 5.41) is 18.3. The van der Waals surface area contributed by atoms with Gasteiger partial charge < -0.3 is 15.2 Å². The van der Waals surface area contributed by atoms with Gasteiger partial charge in [0.25, 0.3) is 0 Å². The minimum absolute atomic E-state index is 0.0278. The highest BCUT2D eigenvalue weighted by atomic mass is 32.1. The van der Waals surface area contributed by atoms with Gasteiger partial charge in [-0.1, -0.05) is 6.07 Å². The summed E-state index contributed by atoms with van der Waals surface area (Å²) in [6.45, 7) is 2.05. The molecule has 8 heteroatoms. The Morgan fingerprint density at radius 2 is 2.48 bits per heavy atom. The maximum atomic E-state index is 11.8. The summed E-state index contributed by atoms with van der Waals surface area (Å²) in [4.78, 5) is 12.7. The topological polar surface area (TPSA) is 114 Å². The summed E-state index contributed by atoms with van der Waals surface area (Å²) >= 11 is 1.50. The highest BCUT2D eigenvalue weighted by Crippen LogP contribution is 2.44. The van der Waals surface area contributed by atoms with E-state index in [9.17, 15) is 10.1 Å². The molecule has 0 spiro atoms. The Hall–Kier alpha value is -2.79. The molecule has 0 amide bonds. The van der Waals surface area contributed by atoms with Gasteiger partial charge in [-0.15, -0.1) is 16.4 Å². The Labute approximate surface area is 136 Å². The molecule has 0 fully saturated rings. The number of hydrogen-bond acceptors (Lipinski definition) is 7. The maximum Gasteiger partial charge on any atom is 0.311 e. The van der Waals surface area contributed by atoms with Gasteiger partial charge in [0.15, 0.2) is 0 Å². The molecular formula is C15H14N4O3S. The molecule has 7 nitrogen and oxygen atoms in total. The van der Waals surface area contributed by atoms with E-state index < -0.39 is 5.92 Å². The van der Waals surface area contributed by atoms with Crippen LogP contribution in [0.4, 0.5) is 0 Å². The van der Waals surface area contributed by atoms with Crippen molar-refractivity contribution in [1.82, 2.24) is 10.2 Å². The van der Waals surface area contributed by atoms with Crippen molar-refractivity contribution in [2.45, 2.75) is 19.3 Å². The van der Waals surface area contributed by atoms with Gasteiger partial charge in [-0.25, -0.2) is 0 Å². The standard InChI is InChI=1S/C15H14N4O3S/c1-2-21-11(20)6-9-13-12(10-4-3-5-23-10)8(7-16)14(17)22-15(13)19-18-9/h3-5,12H,2,6,17H2,1H3,(H,18,19)/t12-/m0/s1. The molecule has 3 N–H and O–H groups in total. The number of aromatic amines is 1. The van der Waals surface area contributed by atoms with E-state index in [1.807, 2.05) is 17.5 Å². The second-order valence-corrected chi connectivity index (χ2v) is 5.82. The first-order chi connectivity index (χ1) is 11.2. The van der Waals surface area contributed by atoms with Crippen LogP contribution in [0.15, 0.2) is 29.0 Å². The zero-order chi connectivity index (χ0) is 16.4. The average molecular weight is 330 g/mol. The number of nitriles is 1. The first-order valence-corrected chi connectivity index (χ1v) is 7.87. The van der Waals surface area contributed by atoms with Crippen LogP contribution in [0, 0.1) is 11.3 Å². The molecule has 0 radical (unpaired) electrons. The summed E-state index contributed by atoms with van der Waals surface area (Å²) in [6, 6.07) is 5.91. The molecule has 3 heterocycles. The number of nitrogens with two attached hydrogens (primary N) is 1. The lowest BCUT2D eigenvalue weighted by atomic mass is 9.88. The molecule has 118 valence electrons. The molecule has 1 aliphatic heterocycles. The molecule has 0 saturated heterocycles. The molecule has 2 aromatic rings. The number of rotatable bonds is 4. The van der Waals surface area contributed by atoms with Crippen LogP contribution in [0.25, 0.3) is 0 Å². The SMILES string of the molecule is CCOC(=O)Cc1[nH]nc2c1[C@H](c1cccs1)C(C#N)=C(N)O2. The number of hydrogen-bond donors (Lipinski definition) is 2. The van der Waals surface area contributed by atoms with Crippen molar-refractivity contribution in [2.24, 2.45) is 5.73 Å². The predicted octanol–water partition coefficient (Wildman–Crippen LogP) is 1.79. The number of fused-ring (bicyclic) bond motifs is 1. The van der Waals surface area contributed by atoms with Crippen LogP contribution in [0.2, 0.25) is 0 Å². The number of thiophene rings is 1. The summed E-state index contributed by atoms with van der Waals surface area (Å²) in [7, 11) is 0. The number of ether oxygens (including phenoxy) is 2. The molecule has 0 bridgehead atoms. The van der Waals surface area contributed by atoms with Crippen molar-refractivity contribution in [3.8, 4) is 11.9 Å². The van der Waals surface area contributed by atoms with Crippen molar-refractivity contribution < 1.29 is 14.3 Å². The third kappa shape index (κ3) is 2.66. The van der Waals surface area contributed by atoms with E-state index in [1.54, 1.807) is 6.92 Å². The van der Waals surface area contributed by atoms with Crippen LogP contribution in [0.5, 0.6) is 5.88 Å². The van der Waals surface area contributed by atoms with Crippen LogP contribution < -0.4 is 10.5 Å². The van der Waals surface area contributed by atoms with Gasteiger partial charge in [0, 0.05) is 4.88 Å².